The van der Waals surface area contributed by atoms with Crippen LogP contribution in [0.25, 0.3) is 0 Å². The number of aryl methyl sites for hydroxylation is 2. The van der Waals surface area contributed by atoms with Gasteiger partial charge in [-0.3, -0.25) is 4.79 Å². The van der Waals surface area contributed by atoms with Crippen LogP contribution >= 0.6 is 11.3 Å². The number of aliphatic hydroxyl groups excluding tert-OH is 1. The van der Waals surface area contributed by atoms with Gasteiger partial charge in [-0.15, -0.1) is 11.3 Å². The first-order valence-electron chi connectivity index (χ1n) is 7.29. The normalized spacial score (nSPS) is 26.2. The number of aliphatic hydroxyl groups is 1. The first-order chi connectivity index (χ1) is 9.26. The number of fused-ring (bicyclic) bond motifs is 1. The minimum atomic E-state index is 0.104. The maximum Gasteiger partial charge on any atom is 0.261 e. The molecule has 0 aliphatic heterocycles. The highest BCUT2D eigenvalue weighted by molar-refractivity contribution is 7.14. The molecule has 1 aromatic rings. The van der Waals surface area contributed by atoms with E-state index in [1.807, 2.05) is 0 Å². The van der Waals surface area contributed by atoms with Crippen LogP contribution in [0.15, 0.2) is 6.07 Å². The van der Waals surface area contributed by atoms with Crippen LogP contribution < -0.4 is 5.32 Å². The lowest BCUT2D eigenvalue weighted by Crippen LogP contribution is -2.37. The predicted octanol–water partition coefficient (Wildman–Crippen LogP) is 2.52. The van der Waals surface area contributed by atoms with E-state index >= 15 is 0 Å². The Balaban J connectivity index is 1.56. The molecule has 3 nitrogen and oxygen atoms in total. The Morgan fingerprint density at radius 1 is 1.32 bits per heavy atom. The van der Waals surface area contributed by atoms with Crippen LogP contribution in [-0.4, -0.2) is 23.7 Å². The van der Waals surface area contributed by atoms with Crippen molar-refractivity contribution in [2.75, 3.05) is 6.61 Å². The summed E-state index contributed by atoms with van der Waals surface area (Å²) in [6, 6.07) is 2.38. The van der Waals surface area contributed by atoms with Gasteiger partial charge < -0.3 is 10.4 Å². The van der Waals surface area contributed by atoms with E-state index in [0.29, 0.717) is 12.0 Å². The minimum absolute atomic E-state index is 0.104. The SMILES string of the molecule is O=C(NC1CCC(CO)CC1)c1cc2c(s1)CCC2. The number of hydrogen-bond acceptors (Lipinski definition) is 3. The van der Waals surface area contributed by atoms with Crippen LogP contribution in [-0.2, 0) is 12.8 Å². The molecule has 0 unspecified atom stereocenters. The number of nitrogens with one attached hydrogen (secondary N) is 1. The first kappa shape index (κ1) is 13.1. The molecule has 0 saturated heterocycles. The van der Waals surface area contributed by atoms with Gasteiger partial charge in [-0.2, -0.15) is 0 Å². The molecule has 0 spiro atoms. The Morgan fingerprint density at radius 2 is 2.11 bits per heavy atom. The van der Waals surface area contributed by atoms with Gasteiger partial charge in [0.25, 0.3) is 5.91 Å². The third-order valence-electron chi connectivity index (χ3n) is 4.41. The van der Waals surface area contributed by atoms with E-state index in [9.17, 15) is 4.79 Å². The maximum atomic E-state index is 12.2. The van der Waals surface area contributed by atoms with Crippen LogP contribution in [0.2, 0.25) is 0 Å². The van der Waals surface area contributed by atoms with E-state index in [0.717, 1.165) is 43.4 Å². The van der Waals surface area contributed by atoms with Crippen LogP contribution in [0.1, 0.15) is 52.2 Å². The minimum Gasteiger partial charge on any atom is -0.396 e. The van der Waals surface area contributed by atoms with Crippen molar-refractivity contribution in [1.82, 2.24) is 5.32 Å². The fraction of sp³-hybridized carbons (Fsp3) is 0.667. The molecule has 19 heavy (non-hydrogen) atoms. The van der Waals surface area contributed by atoms with Crippen molar-refractivity contribution in [2.24, 2.45) is 5.92 Å². The summed E-state index contributed by atoms with van der Waals surface area (Å²) in [5.74, 6) is 0.547. The molecule has 1 heterocycles. The van der Waals surface area contributed by atoms with E-state index in [1.165, 1.54) is 16.9 Å². The molecule has 0 aromatic carbocycles. The monoisotopic (exact) mass is 279 g/mol. The third kappa shape index (κ3) is 2.84. The Kier molecular flexibility index (Phi) is 3.89. The van der Waals surface area contributed by atoms with Crippen molar-refractivity contribution in [3.8, 4) is 0 Å². The van der Waals surface area contributed by atoms with Crippen LogP contribution in [0, 0.1) is 5.92 Å². The summed E-state index contributed by atoms with van der Waals surface area (Å²) in [5, 5.41) is 12.3. The number of thiophene rings is 1. The molecule has 1 amide bonds. The predicted molar refractivity (Wildman–Crippen MR) is 76.6 cm³/mol. The van der Waals surface area contributed by atoms with Gasteiger partial charge >= 0.3 is 0 Å². The zero-order valence-corrected chi connectivity index (χ0v) is 12.0. The summed E-state index contributed by atoms with van der Waals surface area (Å²) in [6.07, 6.45) is 7.60. The van der Waals surface area contributed by atoms with Gasteiger partial charge in [0.15, 0.2) is 0 Å². The molecule has 2 N–H and O–H groups in total. The number of carbonyl (C=O) groups excluding carboxylic acids is 1. The Hall–Kier alpha value is -0.870. The molecule has 0 atom stereocenters. The second kappa shape index (κ2) is 5.63. The fourth-order valence-corrected chi connectivity index (χ4v) is 4.34. The van der Waals surface area contributed by atoms with Crippen molar-refractivity contribution >= 4 is 17.2 Å². The Morgan fingerprint density at radius 3 is 2.79 bits per heavy atom. The van der Waals surface area contributed by atoms with Crippen LogP contribution in [0.3, 0.4) is 0 Å². The van der Waals surface area contributed by atoms with Gasteiger partial charge in [-0.25, -0.2) is 0 Å². The molecule has 4 heteroatoms. The maximum absolute atomic E-state index is 12.2. The molecule has 1 aromatic heterocycles. The lowest BCUT2D eigenvalue weighted by Gasteiger charge is -2.27. The highest BCUT2D eigenvalue weighted by atomic mass is 32.1. The van der Waals surface area contributed by atoms with Crippen molar-refractivity contribution in [3.63, 3.8) is 0 Å². The lowest BCUT2D eigenvalue weighted by atomic mass is 9.86. The quantitative estimate of drug-likeness (QED) is 0.893. The molecule has 3 rings (SSSR count). The van der Waals surface area contributed by atoms with Crippen LogP contribution in [0.4, 0.5) is 0 Å². The highest BCUT2D eigenvalue weighted by Gasteiger charge is 2.24. The van der Waals surface area contributed by atoms with E-state index < -0.39 is 0 Å². The zero-order chi connectivity index (χ0) is 13.2. The molecular formula is C15H21NO2S. The smallest absolute Gasteiger partial charge is 0.261 e. The topological polar surface area (TPSA) is 49.3 Å². The fourth-order valence-electron chi connectivity index (χ4n) is 3.19. The van der Waals surface area contributed by atoms with E-state index in [1.54, 1.807) is 11.3 Å². The van der Waals surface area contributed by atoms with E-state index in [4.69, 9.17) is 5.11 Å². The van der Waals surface area contributed by atoms with E-state index in [2.05, 4.69) is 11.4 Å². The number of carbonyl (C=O) groups is 1. The third-order valence-corrected chi connectivity index (χ3v) is 5.65. The molecule has 1 fully saturated rings. The zero-order valence-electron chi connectivity index (χ0n) is 11.2. The summed E-state index contributed by atoms with van der Waals surface area (Å²) in [4.78, 5) is 14.5. The van der Waals surface area contributed by atoms with Crippen molar-refractivity contribution in [2.45, 2.75) is 51.0 Å². The summed E-state index contributed by atoms with van der Waals surface area (Å²) >= 11 is 1.67. The molecular weight excluding hydrogens is 258 g/mol. The Labute approximate surface area is 118 Å². The number of rotatable bonds is 3. The Bertz CT molecular complexity index is 439. The van der Waals surface area contributed by atoms with Crippen molar-refractivity contribution in [1.29, 1.82) is 0 Å². The van der Waals surface area contributed by atoms with Crippen molar-refractivity contribution < 1.29 is 9.90 Å². The van der Waals surface area contributed by atoms with Gasteiger partial charge in [0, 0.05) is 17.5 Å². The molecule has 0 bridgehead atoms. The molecule has 1 saturated carbocycles. The summed E-state index contributed by atoms with van der Waals surface area (Å²) < 4.78 is 0. The largest absolute Gasteiger partial charge is 0.396 e. The second-order valence-electron chi connectivity index (χ2n) is 5.79. The standard InChI is InChI=1S/C15H21NO2S/c17-9-10-4-6-12(7-5-10)16-15(18)14-8-11-2-1-3-13(11)19-14/h8,10,12,17H,1-7,9H2,(H,16,18). The molecule has 2 aliphatic carbocycles. The number of hydrogen-bond donors (Lipinski definition) is 2. The van der Waals surface area contributed by atoms with Crippen LogP contribution in [0.5, 0.6) is 0 Å². The van der Waals surface area contributed by atoms with Crippen molar-refractivity contribution in [3.05, 3.63) is 21.4 Å². The molecule has 0 radical (unpaired) electrons. The first-order valence-corrected chi connectivity index (χ1v) is 8.11. The molecule has 2 aliphatic rings. The van der Waals surface area contributed by atoms with Gasteiger partial charge in [0.1, 0.15) is 0 Å². The summed E-state index contributed by atoms with van der Waals surface area (Å²) in [7, 11) is 0. The second-order valence-corrected chi connectivity index (χ2v) is 6.92. The summed E-state index contributed by atoms with van der Waals surface area (Å²) in [6.45, 7) is 0.290. The van der Waals surface area contributed by atoms with Gasteiger partial charge in [-0.1, -0.05) is 0 Å². The average molecular weight is 279 g/mol. The van der Waals surface area contributed by atoms with Gasteiger partial charge in [0.2, 0.25) is 0 Å². The number of amides is 1. The highest BCUT2D eigenvalue weighted by Crippen LogP contribution is 2.31. The lowest BCUT2D eigenvalue weighted by molar-refractivity contribution is 0.0918. The summed E-state index contributed by atoms with van der Waals surface area (Å²) in [5.41, 5.74) is 1.39. The van der Waals surface area contributed by atoms with Gasteiger partial charge in [-0.05, 0) is 62.5 Å². The average Bonchev–Trinajstić information content (AvgIpc) is 3.00. The van der Waals surface area contributed by atoms with Gasteiger partial charge in [0.05, 0.1) is 4.88 Å². The van der Waals surface area contributed by atoms with E-state index in [-0.39, 0.29) is 12.5 Å². The molecule has 104 valence electrons.